The molecular weight excluding hydrogens is 205 g/mol. The molecule has 0 aliphatic carbocycles. The minimum Gasteiger partial charge on any atom is -0.292 e. The monoisotopic (exact) mass is 221 g/mol. The van der Waals surface area contributed by atoms with E-state index in [9.17, 15) is 4.39 Å². The number of nitrogens with zero attached hydrogens (tertiary/aromatic N) is 3. The normalized spacial score (nSPS) is 14.5. The Morgan fingerprint density at radius 2 is 2.06 bits per heavy atom. The molecule has 0 fully saturated rings. The van der Waals surface area contributed by atoms with E-state index in [1.54, 1.807) is 25.4 Å². The van der Waals surface area contributed by atoms with E-state index in [1.165, 1.54) is 0 Å². The molecule has 1 aliphatic heterocycles. The Hall–Kier alpha value is -1.58. The summed E-state index contributed by atoms with van der Waals surface area (Å²) < 4.78 is 13.4. The zero-order chi connectivity index (χ0) is 12.0. The van der Waals surface area contributed by atoms with Gasteiger partial charge in [-0.2, -0.15) is 0 Å². The molecule has 1 aromatic heterocycles. The van der Waals surface area contributed by atoms with E-state index >= 15 is 0 Å². The lowest BCUT2D eigenvalue weighted by atomic mass is 10.1. The molecule has 0 unspecified atom stereocenters. The zero-order valence-electron chi connectivity index (χ0n) is 9.87. The molecule has 16 heavy (non-hydrogen) atoms. The maximum atomic E-state index is 13.4. The third-order valence-corrected chi connectivity index (χ3v) is 2.03. The molecule has 4 heteroatoms. The quantitative estimate of drug-likeness (QED) is 0.731. The van der Waals surface area contributed by atoms with Gasteiger partial charge in [0.2, 0.25) is 0 Å². The van der Waals surface area contributed by atoms with Crippen LogP contribution in [0.1, 0.15) is 31.8 Å². The summed E-state index contributed by atoms with van der Waals surface area (Å²) >= 11 is 0. The van der Waals surface area contributed by atoms with E-state index in [2.05, 4.69) is 15.0 Å². The van der Waals surface area contributed by atoms with Crippen LogP contribution in [0.25, 0.3) is 5.57 Å². The summed E-state index contributed by atoms with van der Waals surface area (Å²) in [6, 6.07) is 1.69. The molecule has 0 radical (unpaired) electrons. The van der Waals surface area contributed by atoms with Gasteiger partial charge in [0.25, 0.3) is 0 Å². The molecular formula is C12H16FN3. The number of aliphatic imine (C=N–C) groups is 1. The number of hydrogen-bond acceptors (Lipinski definition) is 3. The summed E-state index contributed by atoms with van der Waals surface area (Å²) in [5.74, 6) is 0.500. The van der Waals surface area contributed by atoms with E-state index in [0.717, 1.165) is 0 Å². The highest BCUT2D eigenvalue weighted by Gasteiger charge is 2.11. The maximum Gasteiger partial charge on any atom is 0.125 e. The summed E-state index contributed by atoms with van der Waals surface area (Å²) in [5.41, 5.74) is 1.10. The second kappa shape index (κ2) is 6.10. The molecule has 0 spiro atoms. The van der Waals surface area contributed by atoms with Crippen molar-refractivity contribution in [1.82, 2.24) is 9.97 Å². The van der Waals surface area contributed by atoms with Crippen LogP contribution in [0.4, 0.5) is 4.39 Å². The van der Waals surface area contributed by atoms with Crippen molar-refractivity contribution in [3.63, 3.8) is 0 Å². The Balaban J connectivity index is 0.000000606. The largest absolute Gasteiger partial charge is 0.292 e. The Bertz CT molecular complexity index is 410. The molecule has 0 saturated heterocycles. The number of aromatic nitrogens is 2. The standard InChI is InChI=1S/C10H10FN3.C2H6/c1-7-13-5-3-10(14-7)8-6-12-4-2-9(8)11;1-2/h3,5-6H,2,4H2,1H3;1-2H3. The summed E-state index contributed by atoms with van der Waals surface area (Å²) in [5, 5.41) is 0. The number of hydrogen-bond donors (Lipinski definition) is 0. The predicted octanol–water partition coefficient (Wildman–Crippen LogP) is 2.97. The highest BCUT2D eigenvalue weighted by Crippen LogP contribution is 2.21. The molecule has 0 atom stereocenters. The predicted molar refractivity (Wildman–Crippen MR) is 64.1 cm³/mol. The third kappa shape index (κ3) is 2.95. The van der Waals surface area contributed by atoms with Crippen molar-refractivity contribution >= 4 is 11.8 Å². The van der Waals surface area contributed by atoms with E-state index in [-0.39, 0.29) is 5.83 Å². The van der Waals surface area contributed by atoms with Crippen LogP contribution in [0, 0.1) is 6.92 Å². The summed E-state index contributed by atoms with van der Waals surface area (Å²) in [6.07, 6.45) is 3.54. The summed E-state index contributed by atoms with van der Waals surface area (Å²) in [4.78, 5) is 12.1. The molecule has 2 heterocycles. The van der Waals surface area contributed by atoms with Gasteiger partial charge >= 0.3 is 0 Å². The van der Waals surface area contributed by atoms with Crippen LogP contribution in [0.3, 0.4) is 0 Å². The van der Waals surface area contributed by atoms with Gasteiger partial charge in [-0.15, -0.1) is 0 Å². The first-order valence-corrected chi connectivity index (χ1v) is 5.46. The number of rotatable bonds is 1. The molecule has 0 saturated carbocycles. The van der Waals surface area contributed by atoms with Crippen molar-refractivity contribution in [2.24, 2.45) is 4.99 Å². The van der Waals surface area contributed by atoms with Gasteiger partial charge in [-0.05, 0) is 13.0 Å². The Morgan fingerprint density at radius 3 is 2.69 bits per heavy atom. The highest BCUT2D eigenvalue weighted by molar-refractivity contribution is 6.10. The number of aryl methyl sites for hydroxylation is 1. The van der Waals surface area contributed by atoms with Gasteiger partial charge in [0, 0.05) is 31.0 Å². The van der Waals surface area contributed by atoms with Crippen LogP contribution in [0.5, 0.6) is 0 Å². The van der Waals surface area contributed by atoms with Crippen LogP contribution < -0.4 is 0 Å². The Morgan fingerprint density at radius 1 is 1.31 bits per heavy atom. The Kier molecular flexibility index (Phi) is 4.76. The van der Waals surface area contributed by atoms with E-state index in [0.29, 0.717) is 30.1 Å². The van der Waals surface area contributed by atoms with E-state index in [1.807, 2.05) is 13.8 Å². The SMILES string of the molecule is CC.Cc1nccc(C2=C(F)CCN=C2)n1. The average Bonchev–Trinajstić information content (AvgIpc) is 2.32. The van der Waals surface area contributed by atoms with Crippen LogP contribution in [0.2, 0.25) is 0 Å². The van der Waals surface area contributed by atoms with E-state index in [4.69, 9.17) is 0 Å². The number of dihydropyridines is 1. The molecule has 1 aromatic rings. The van der Waals surface area contributed by atoms with Crippen LogP contribution in [-0.4, -0.2) is 22.7 Å². The second-order valence-electron chi connectivity index (χ2n) is 3.09. The van der Waals surface area contributed by atoms with Gasteiger partial charge in [0.1, 0.15) is 11.7 Å². The van der Waals surface area contributed by atoms with Crippen molar-refractivity contribution in [1.29, 1.82) is 0 Å². The van der Waals surface area contributed by atoms with Crippen molar-refractivity contribution in [3.05, 3.63) is 29.6 Å². The molecule has 0 aromatic carbocycles. The second-order valence-corrected chi connectivity index (χ2v) is 3.09. The third-order valence-electron chi connectivity index (χ3n) is 2.03. The lowest BCUT2D eigenvalue weighted by Crippen LogP contribution is -2.02. The zero-order valence-corrected chi connectivity index (χ0v) is 9.87. The molecule has 1 aliphatic rings. The number of allylic oxidation sites excluding steroid dienone is 1. The fraction of sp³-hybridized carbons (Fsp3) is 0.417. The minimum atomic E-state index is -0.141. The first-order valence-electron chi connectivity index (χ1n) is 5.46. The van der Waals surface area contributed by atoms with Gasteiger partial charge in [-0.25, -0.2) is 14.4 Å². The molecule has 0 N–H and O–H groups in total. The fourth-order valence-electron chi connectivity index (χ4n) is 1.33. The van der Waals surface area contributed by atoms with Crippen LogP contribution >= 0.6 is 0 Å². The molecule has 0 amide bonds. The van der Waals surface area contributed by atoms with Crippen molar-refractivity contribution < 1.29 is 4.39 Å². The van der Waals surface area contributed by atoms with Crippen LogP contribution in [0.15, 0.2) is 23.1 Å². The van der Waals surface area contributed by atoms with Gasteiger partial charge in [0.05, 0.1) is 5.69 Å². The fourth-order valence-corrected chi connectivity index (χ4v) is 1.33. The lowest BCUT2D eigenvalue weighted by Gasteiger charge is -2.08. The maximum absolute atomic E-state index is 13.4. The van der Waals surface area contributed by atoms with Gasteiger partial charge < -0.3 is 0 Å². The van der Waals surface area contributed by atoms with Crippen LogP contribution in [-0.2, 0) is 0 Å². The van der Waals surface area contributed by atoms with Gasteiger partial charge in [0.15, 0.2) is 0 Å². The number of halogens is 1. The summed E-state index contributed by atoms with van der Waals surface area (Å²) in [7, 11) is 0. The first-order chi connectivity index (χ1) is 7.77. The molecule has 2 rings (SSSR count). The minimum absolute atomic E-state index is 0.141. The van der Waals surface area contributed by atoms with Crippen molar-refractivity contribution in [2.75, 3.05) is 6.54 Å². The smallest absolute Gasteiger partial charge is 0.125 e. The van der Waals surface area contributed by atoms with Gasteiger partial charge in [-0.3, -0.25) is 4.99 Å². The first kappa shape index (κ1) is 12.5. The molecule has 0 bridgehead atoms. The molecule has 3 nitrogen and oxygen atoms in total. The van der Waals surface area contributed by atoms with Crippen molar-refractivity contribution in [3.8, 4) is 0 Å². The molecule has 86 valence electrons. The van der Waals surface area contributed by atoms with Gasteiger partial charge in [-0.1, -0.05) is 13.8 Å². The topological polar surface area (TPSA) is 38.1 Å². The van der Waals surface area contributed by atoms with E-state index < -0.39 is 0 Å². The lowest BCUT2D eigenvalue weighted by molar-refractivity contribution is 0.595. The average molecular weight is 221 g/mol. The Labute approximate surface area is 95.2 Å². The summed E-state index contributed by atoms with van der Waals surface area (Å²) in [6.45, 7) is 6.31. The highest BCUT2D eigenvalue weighted by atomic mass is 19.1. The van der Waals surface area contributed by atoms with Crippen molar-refractivity contribution in [2.45, 2.75) is 27.2 Å².